The van der Waals surface area contributed by atoms with Crippen LogP contribution in [0.5, 0.6) is 0 Å². The summed E-state index contributed by atoms with van der Waals surface area (Å²) in [5.74, 6) is -8.02. The average molecular weight is 378 g/mol. The van der Waals surface area contributed by atoms with Crippen LogP contribution in [0, 0.1) is 11.7 Å². The van der Waals surface area contributed by atoms with E-state index in [-0.39, 0.29) is 18.4 Å². The van der Waals surface area contributed by atoms with Gasteiger partial charge >= 0.3 is 12.1 Å². The Hall–Kier alpha value is -2.39. The van der Waals surface area contributed by atoms with Crippen molar-refractivity contribution in [3.8, 4) is 11.4 Å². The summed E-state index contributed by atoms with van der Waals surface area (Å²) in [4.78, 5) is 15.2. The zero-order valence-corrected chi connectivity index (χ0v) is 13.1. The number of rotatable bonds is 4. The van der Waals surface area contributed by atoms with Gasteiger partial charge < -0.3 is 4.52 Å². The molecule has 2 aromatic rings. The summed E-state index contributed by atoms with van der Waals surface area (Å²) in [5, 5.41) is 3.11. The molecule has 0 N–H and O–H groups in total. The molecule has 0 aliphatic heterocycles. The van der Waals surface area contributed by atoms with Gasteiger partial charge in [-0.2, -0.15) is 18.2 Å². The topological polar surface area (TPSA) is 56.0 Å². The first kappa shape index (κ1) is 18.4. The molecule has 1 fully saturated rings. The Morgan fingerprint density at radius 1 is 1.31 bits per heavy atom. The zero-order chi connectivity index (χ0) is 19.1. The number of halogens is 6. The van der Waals surface area contributed by atoms with Crippen LogP contribution in [0.1, 0.15) is 41.9 Å². The lowest BCUT2D eigenvalue weighted by atomic mass is 9.94. The predicted octanol–water partition coefficient (Wildman–Crippen LogP) is 4.90. The van der Waals surface area contributed by atoms with Gasteiger partial charge in [-0.25, -0.2) is 13.2 Å². The molecule has 1 unspecified atom stereocenters. The lowest BCUT2D eigenvalue weighted by molar-refractivity contribution is -0.159. The van der Waals surface area contributed by atoms with Crippen LogP contribution >= 0.6 is 0 Å². The molecule has 1 saturated carbocycles. The van der Waals surface area contributed by atoms with Gasteiger partial charge in [0.25, 0.3) is 5.92 Å². The Balaban J connectivity index is 1.79. The maximum Gasteiger partial charge on any atom is 0.471 e. The van der Waals surface area contributed by atoms with Crippen molar-refractivity contribution in [2.45, 2.75) is 37.8 Å². The molecular weight excluding hydrogens is 366 g/mol. The smallest absolute Gasteiger partial charge is 0.329 e. The quantitative estimate of drug-likeness (QED) is 0.561. The summed E-state index contributed by atoms with van der Waals surface area (Å²) < 4.78 is 82.8. The molecule has 0 spiro atoms. The number of ketones is 1. The number of hydrogen-bond donors (Lipinski definition) is 0. The normalized spacial score (nSPS) is 19.7. The number of Topliss-reactive ketones (excluding diaryl/α,β-unsaturated/α-hetero) is 1. The molecule has 1 aromatic carbocycles. The van der Waals surface area contributed by atoms with Crippen LogP contribution in [-0.2, 0) is 6.18 Å². The number of hydrogen-bond acceptors (Lipinski definition) is 4. The third-order valence-corrected chi connectivity index (χ3v) is 4.29. The van der Waals surface area contributed by atoms with E-state index in [0.29, 0.717) is 6.42 Å². The Kier molecular flexibility index (Phi) is 4.53. The fraction of sp³-hybridized carbons (Fsp3) is 0.438. The Labute approximate surface area is 143 Å². The van der Waals surface area contributed by atoms with E-state index in [9.17, 15) is 31.1 Å². The lowest BCUT2D eigenvalue weighted by Crippen LogP contribution is -2.24. The Morgan fingerprint density at radius 2 is 2.04 bits per heavy atom. The summed E-state index contributed by atoms with van der Waals surface area (Å²) in [6.07, 6.45) is -5.16. The summed E-state index contributed by atoms with van der Waals surface area (Å²) in [7, 11) is 0. The molecule has 1 atom stereocenters. The van der Waals surface area contributed by atoms with Crippen molar-refractivity contribution >= 4 is 5.78 Å². The van der Waals surface area contributed by atoms with E-state index >= 15 is 0 Å². The number of carbonyl (C=O) groups excluding carboxylic acids is 1. The van der Waals surface area contributed by atoms with Gasteiger partial charge in [-0.1, -0.05) is 11.2 Å². The summed E-state index contributed by atoms with van der Waals surface area (Å²) in [5.41, 5.74) is -0.541. The van der Waals surface area contributed by atoms with Crippen molar-refractivity contribution in [3.05, 3.63) is 35.5 Å². The van der Waals surface area contributed by atoms with Gasteiger partial charge in [0.05, 0.1) is 5.56 Å². The first-order valence-electron chi connectivity index (χ1n) is 7.70. The third kappa shape index (κ3) is 3.58. The van der Waals surface area contributed by atoms with Crippen molar-refractivity contribution in [3.63, 3.8) is 0 Å². The molecule has 10 heteroatoms. The standard InChI is InChI=1S/C16H12F6N2O2/c17-11-6-8(13-23-14(26-24-13)16(20,21)22)3-4-10(11)12(25)7-9-2-1-5-15(9,18)19/h3-4,6,9H,1-2,5,7H2. The molecule has 1 aromatic heterocycles. The highest BCUT2D eigenvalue weighted by Gasteiger charge is 2.44. The van der Waals surface area contributed by atoms with Crippen LogP contribution in [0.15, 0.2) is 22.7 Å². The van der Waals surface area contributed by atoms with Gasteiger partial charge in [0, 0.05) is 24.3 Å². The fourth-order valence-corrected chi connectivity index (χ4v) is 2.92. The van der Waals surface area contributed by atoms with E-state index in [0.717, 1.165) is 18.2 Å². The van der Waals surface area contributed by atoms with Gasteiger partial charge in [0.2, 0.25) is 5.82 Å². The van der Waals surface area contributed by atoms with E-state index in [1.54, 1.807) is 0 Å². The van der Waals surface area contributed by atoms with Crippen molar-refractivity contribution in [1.29, 1.82) is 0 Å². The number of benzene rings is 1. The molecular formula is C16H12F6N2O2. The van der Waals surface area contributed by atoms with Gasteiger partial charge in [-0.15, -0.1) is 0 Å². The third-order valence-electron chi connectivity index (χ3n) is 4.29. The van der Waals surface area contributed by atoms with Gasteiger partial charge in [0.1, 0.15) is 5.82 Å². The van der Waals surface area contributed by atoms with Crippen LogP contribution in [0.25, 0.3) is 11.4 Å². The SMILES string of the molecule is O=C(CC1CCCC1(F)F)c1ccc(-c2noc(C(F)(F)F)n2)cc1F. The molecule has 1 aliphatic rings. The van der Waals surface area contributed by atoms with Crippen LogP contribution in [-0.4, -0.2) is 21.8 Å². The summed E-state index contributed by atoms with van der Waals surface area (Å²) >= 11 is 0. The summed E-state index contributed by atoms with van der Waals surface area (Å²) in [6.45, 7) is 0. The maximum absolute atomic E-state index is 14.2. The van der Waals surface area contributed by atoms with E-state index in [1.165, 1.54) is 0 Å². The molecule has 140 valence electrons. The fourth-order valence-electron chi connectivity index (χ4n) is 2.92. The molecule has 26 heavy (non-hydrogen) atoms. The van der Waals surface area contributed by atoms with Crippen LogP contribution < -0.4 is 0 Å². The lowest BCUT2D eigenvalue weighted by Gasteiger charge is -2.18. The average Bonchev–Trinajstić information content (AvgIpc) is 3.14. The highest BCUT2D eigenvalue weighted by Crippen LogP contribution is 2.42. The number of alkyl halides is 5. The van der Waals surface area contributed by atoms with Crippen molar-refractivity contribution in [2.75, 3.05) is 0 Å². The highest BCUT2D eigenvalue weighted by atomic mass is 19.4. The first-order chi connectivity index (χ1) is 12.1. The zero-order valence-electron chi connectivity index (χ0n) is 13.1. The molecule has 0 amide bonds. The number of carbonyl (C=O) groups is 1. The van der Waals surface area contributed by atoms with Crippen LogP contribution in [0.4, 0.5) is 26.3 Å². The Morgan fingerprint density at radius 3 is 2.58 bits per heavy atom. The predicted molar refractivity (Wildman–Crippen MR) is 75.9 cm³/mol. The molecule has 1 heterocycles. The van der Waals surface area contributed by atoms with Crippen LogP contribution in [0.3, 0.4) is 0 Å². The van der Waals surface area contributed by atoms with Crippen molar-refractivity contribution in [2.24, 2.45) is 5.92 Å². The minimum Gasteiger partial charge on any atom is -0.329 e. The second-order valence-electron chi connectivity index (χ2n) is 6.09. The van der Waals surface area contributed by atoms with Gasteiger partial charge in [0.15, 0.2) is 5.78 Å². The molecule has 1 aliphatic carbocycles. The molecule has 3 rings (SSSR count). The second-order valence-corrected chi connectivity index (χ2v) is 6.09. The highest BCUT2D eigenvalue weighted by molar-refractivity contribution is 5.97. The van der Waals surface area contributed by atoms with Gasteiger partial charge in [-0.3, -0.25) is 4.79 Å². The second kappa shape index (κ2) is 6.40. The molecule has 0 saturated heterocycles. The largest absolute Gasteiger partial charge is 0.471 e. The first-order valence-corrected chi connectivity index (χ1v) is 7.70. The summed E-state index contributed by atoms with van der Waals surface area (Å²) in [6, 6.07) is 2.92. The van der Waals surface area contributed by atoms with Crippen LogP contribution in [0.2, 0.25) is 0 Å². The van der Waals surface area contributed by atoms with E-state index in [1.807, 2.05) is 0 Å². The minimum absolute atomic E-state index is 0.135. The van der Waals surface area contributed by atoms with E-state index < -0.39 is 53.3 Å². The minimum atomic E-state index is -4.84. The van der Waals surface area contributed by atoms with Crippen molar-refractivity contribution < 1.29 is 35.7 Å². The van der Waals surface area contributed by atoms with Gasteiger partial charge in [-0.05, 0) is 25.0 Å². The molecule has 0 bridgehead atoms. The number of nitrogens with zero attached hydrogens (tertiary/aromatic N) is 2. The van der Waals surface area contributed by atoms with E-state index in [4.69, 9.17) is 0 Å². The maximum atomic E-state index is 14.2. The number of aromatic nitrogens is 2. The van der Waals surface area contributed by atoms with E-state index in [2.05, 4.69) is 14.7 Å². The molecule has 0 radical (unpaired) electrons. The monoisotopic (exact) mass is 378 g/mol. The Bertz CT molecular complexity index is 830. The van der Waals surface area contributed by atoms with Crippen molar-refractivity contribution in [1.82, 2.24) is 10.1 Å². The molecule has 4 nitrogen and oxygen atoms in total.